The first kappa shape index (κ1) is 18.2. The number of benzene rings is 2. The maximum Gasteiger partial charge on any atom is 0.238 e. The van der Waals surface area contributed by atoms with Gasteiger partial charge in [0.25, 0.3) is 0 Å². The highest BCUT2D eigenvalue weighted by Gasteiger charge is 2.17. The van der Waals surface area contributed by atoms with Gasteiger partial charge in [0.2, 0.25) is 10.0 Å². The van der Waals surface area contributed by atoms with Crippen LogP contribution in [-0.2, 0) is 16.6 Å². The zero-order valence-corrected chi connectivity index (χ0v) is 15.5. The first-order valence-electron chi connectivity index (χ1n) is 8.25. The molecule has 138 valence electrons. The smallest absolute Gasteiger partial charge is 0.238 e. The Labute approximate surface area is 152 Å². The van der Waals surface area contributed by atoms with E-state index in [1.54, 1.807) is 24.3 Å². The van der Waals surface area contributed by atoms with E-state index in [-0.39, 0.29) is 10.6 Å². The molecule has 3 aromatic rings. The van der Waals surface area contributed by atoms with Crippen molar-refractivity contribution in [1.29, 1.82) is 0 Å². The lowest BCUT2D eigenvalue weighted by molar-refractivity contribution is 0.373. The molecule has 1 heterocycles. The second-order valence-electron chi connectivity index (χ2n) is 6.02. The van der Waals surface area contributed by atoms with Gasteiger partial charge in [-0.25, -0.2) is 18.5 Å². The summed E-state index contributed by atoms with van der Waals surface area (Å²) in [5.41, 5.74) is 2.15. The molecule has 0 bridgehead atoms. The molecule has 2 aromatic carbocycles. The fourth-order valence-electron chi connectivity index (χ4n) is 2.87. The van der Waals surface area contributed by atoms with Crippen LogP contribution in [0.15, 0.2) is 41.3 Å². The largest absolute Gasteiger partial charge is 0.504 e. The summed E-state index contributed by atoms with van der Waals surface area (Å²) in [6.45, 7) is 2.84. The summed E-state index contributed by atoms with van der Waals surface area (Å²) >= 11 is 0. The van der Waals surface area contributed by atoms with E-state index in [0.717, 1.165) is 30.5 Å². The number of aryl methyl sites for hydroxylation is 1. The van der Waals surface area contributed by atoms with E-state index < -0.39 is 10.0 Å². The topological polar surface area (TPSA) is 107 Å². The molecule has 0 saturated carbocycles. The van der Waals surface area contributed by atoms with Crippen LogP contribution in [0.4, 0.5) is 0 Å². The summed E-state index contributed by atoms with van der Waals surface area (Å²) in [4.78, 5) is 4.65. The van der Waals surface area contributed by atoms with Crippen molar-refractivity contribution in [2.45, 2.75) is 31.2 Å². The molecule has 7 nitrogen and oxygen atoms in total. The summed E-state index contributed by atoms with van der Waals surface area (Å²) < 4.78 is 30.5. The first-order chi connectivity index (χ1) is 12.3. The number of hydrogen-bond donors (Lipinski definition) is 2. The lowest BCUT2D eigenvalue weighted by Crippen LogP contribution is -2.11. The van der Waals surface area contributed by atoms with E-state index >= 15 is 0 Å². The molecule has 0 atom stereocenters. The lowest BCUT2D eigenvalue weighted by Gasteiger charge is -2.10. The summed E-state index contributed by atoms with van der Waals surface area (Å²) in [5.74, 6) is 1.07. The number of unbranched alkanes of at least 4 members (excludes halogenated alkanes) is 1. The normalized spacial score (nSPS) is 11.8. The van der Waals surface area contributed by atoms with Gasteiger partial charge in [0.1, 0.15) is 5.82 Å². The van der Waals surface area contributed by atoms with Crippen LogP contribution in [0.25, 0.3) is 22.4 Å². The van der Waals surface area contributed by atoms with Gasteiger partial charge in [-0.2, -0.15) is 0 Å². The van der Waals surface area contributed by atoms with Crippen molar-refractivity contribution in [3.05, 3.63) is 36.4 Å². The molecular weight excluding hydrogens is 354 g/mol. The predicted molar refractivity (Wildman–Crippen MR) is 99.7 cm³/mol. The number of sulfonamides is 1. The van der Waals surface area contributed by atoms with E-state index in [2.05, 4.69) is 11.9 Å². The predicted octanol–water partition coefficient (Wildman–Crippen LogP) is 2.87. The number of phenolic OH excluding ortho intramolecular Hbond substituents is 1. The summed E-state index contributed by atoms with van der Waals surface area (Å²) in [6, 6.07) is 9.70. The van der Waals surface area contributed by atoms with Gasteiger partial charge in [-0.1, -0.05) is 13.3 Å². The highest BCUT2D eigenvalue weighted by molar-refractivity contribution is 7.89. The molecule has 3 rings (SSSR count). The van der Waals surface area contributed by atoms with Gasteiger partial charge in [-0.3, -0.25) is 0 Å². The average molecular weight is 375 g/mol. The van der Waals surface area contributed by atoms with Crippen molar-refractivity contribution in [2.75, 3.05) is 7.11 Å². The minimum atomic E-state index is -3.80. The summed E-state index contributed by atoms with van der Waals surface area (Å²) in [7, 11) is -2.31. The monoisotopic (exact) mass is 375 g/mol. The van der Waals surface area contributed by atoms with Crippen LogP contribution in [-0.4, -0.2) is 30.2 Å². The number of imidazole rings is 1. The van der Waals surface area contributed by atoms with Gasteiger partial charge >= 0.3 is 0 Å². The molecule has 3 N–H and O–H groups in total. The maximum atomic E-state index is 11.6. The average Bonchev–Trinajstić information content (AvgIpc) is 2.97. The minimum absolute atomic E-state index is 0.0278. The standard InChI is InChI=1S/C18H21N3O4S/c1-3-4-9-21-15-7-6-13(26(19,23)24)11-14(15)20-18(21)12-5-8-16(22)17(10-12)25-2/h5-8,10-11,22H,3-4,9H2,1-2H3,(H2,19,23,24). The highest BCUT2D eigenvalue weighted by Crippen LogP contribution is 2.33. The van der Waals surface area contributed by atoms with E-state index in [1.807, 2.05) is 4.57 Å². The molecule has 0 fully saturated rings. The Balaban J connectivity index is 2.22. The third-order valence-corrected chi connectivity index (χ3v) is 5.13. The zero-order valence-electron chi connectivity index (χ0n) is 14.6. The maximum absolute atomic E-state index is 11.6. The number of aromatic nitrogens is 2. The fraction of sp³-hybridized carbons (Fsp3) is 0.278. The van der Waals surface area contributed by atoms with Crippen LogP contribution in [0.5, 0.6) is 11.5 Å². The molecule has 0 saturated heterocycles. The number of methoxy groups -OCH3 is 1. The van der Waals surface area contributed by atoms with Gasteiger partial charge in [-0.05, 0) is 42.8 Å². The summed E-state index contributed by atoms with van der Waals surface area (Å²) in [6.07, 6.45) is 1.96. The summed E-state index contributed by atoms with van der Waals surface area (Å²) in [5, 5.41) is 15.1. The number of aromatic hydroxyl groups is 1. The molecule has 0 spiro atoms. The number of primary sulfonamides is 1. The van der Waals surface area contributed by atoms with E-state index in [0.29, 0.717) is 17.1 Å². The van der Waals surface area contributed by atoms with Crippen LogP contribution < -0.4 is 9.88 Å². The van der Waals surface area contributed by atoms with Crippen molar-refractivity contribution < 1.29 is 18.3 Å². The van der Waals surface area contributed by atoms with Crippen LogP contribution in [0, 0.1) is 0 Å². The van der Waals surface area contributed by atoms with Crippen molar-refractivity contribution in [3.8, 4) is 22.9 Å². The van der Waals surface area contributed by atoms with Crippen molar-refractivity contribution in [1.82, 2.24) is 9.55 Å². The third kappa shape index (κ3) is 3.38. The molecular formula is C18H21N3O4S. The first-order valence-corrected chi connectivity index (χ1v) is 9.80. The van der Waals surface area contributed by atoms with Crippen molar-refractivity contribution >= 4 is 21.1 Å². The van der Waals surface area contributed by atoms with E-state index in [1.165, 1.54) is 19.2 Å². The Kier molecular flexibility index (Phi) is 4.88. The number of hydrogen-bond acceptors (Lipinski definition) is 5. The van der Waals surface area contributed by atoms with Crippen LogP contribution >= 0.6 is 0 Å². The number of nitrogens with two attached hydrogens (primary N) is 1. The van der Waals surface area contributed by atoms with Gasteiger partial charge in [0.15, 0.2) is 11.5 Å². The number of rotatable bonds is 6. The molecule has 0 amide bonds. The Morgan fingerprint density at radius 1 is 1.23 bits per heavy atom. The zero-order chi connectivity index (χ0) is 18.9. The van der Waals surface area contributed by atoms with Crippen LogP contribution in [0.3, 0.4) is 0 Å². The number of fused-ring (bicyclic) bond motifs is 1. The fourth-order valence-corrected chi connectivity index (χ4v) is 3.40. The second kappa shape index (κ2) is 6.97. The molecule has 0 aliphatic heterocycles. The SMILES string of the molecule is CCCCn1c(-c2ccc(O)c(OC)c2)nc2cc(S(N)(=O)=O)ccc21. The third-order valence-electron chi connectivity index (χ3n) is 4.22. The molecule has 8 heteroatoms. The van der Waals surface area contributed by atoms with Crippen molar-refractivity contribution in [2.24, 2.45) is 5.14 Å². The van der Waals surface area contributed by atoms with Crippen molar-refractivity contribution in [3.63, 3.8) is 0 Å². The van der Waals surface area contributed by atoms with E-state index in [9.17, 15) is 13.5 Å². The molecule has 0 aliphatic carbocycles. The van der Waals surface area contributed by atoms with E-state index in [4.69, 9.17) is 9.88 Å². The van der Waals surface area contributed by atoms with Crippen LogP contribution in [0.2, 0.25) is 0 Å². The van der Waals surface area contributed by atoms with Gasteiger partial charge < -0.3 is 14.4 Å². The second-order valence-corrected chi connectivity index (χ2v) is 7.58. The number of nitrogens with zero attached hydrogens (tertiary/aromatic N) is 2. The minimum Gasteiger partial charge on any atom is -0.504 e. The Morgan fingerprint density at radius 2 is 2.00 bits per heavy atom. The molecule has 1 aromatic heterocycles. The van der Waals surface area contributed by atoms with Gasteiger partial charge in [-0.15, -0.1) is 0 Å². The Morgan fingerprint density at radius 3 is 2.65 bits per heavy atom. The molecule has 0 unspecified atom stereocenters. The highest BCUT2D eigenvalue weighted by atomic mass is 32.2. The van der Waals surface area contributed by atoms with Gasteiger partial charge in [0.05, 0.1) is 23.0 Å². The molecule has 26 heavy (non-hydrogen) atoms. The van der Waals surface area contributed by atoms with Crippen LogP contribution in [0.1, 0.15) is 19.8 Å². The number of phenols is 1. The Bertz CT molecular complexity index is 1060. The quantitative estimate of drug-likeness (QED) is 0.689. The molecule has 0 aliphatic rings. The molecule has 0 radical (unpaired) electrons. The Hall–Kier alpha value is -2.58. The van der Waals surface area contributed by atoms with Gasteiger partial charge in [0, 0.05) is 12.1 Å². The lowest BCUT2D eigenvalue weighted by atomic mass is 10.2. The number of ether oxygens (including phenoxy) is 1.